The minimum atomic E-state index is -0.539. The van der Waals surface area contributed by atoms with Gasteiger partial charge in [0.1, 0.15) is 0 Å². The Morgan fingerprint density at radius 3 is 2.78 bits per heavy atom. The Morgan fingerprint density at radius 2 is 2.09 bits per heavy atom. The molecule has 2 aromatic rings. The molecule has 2 aromatic carbocycles. The van der Waals surface area contributed by atoms with Gasteiger partial charge >= 0.3 is 0 Å². The van der Waals surface area contributed by atoms with E-state index in [2.05, 4.69) is 0 Å². The summed E-state index contributed by atoms with van der Waals surface area (Å²) in [7, 11) is 1.40. The zero-order valence-electron chi connectivity index (χ0n) is 13.0. The van der Waals surface area contributed by atoms with Gasteiger partial charge in [0.15, 0.2) is 11.6 Å². The molecule has 0 spiro atoms. The van der Waals surface area contributed by atoms with Crippen LogP contribution < -0.4 is 9.64 Å². The van der Waals surface area contributed by atoms with Crippen LogP contribution >= 0.6 is 11.6 Å². The van der Waals surface area contributed by atoms with E-state index in [9.17, 15) is 9.18 Å². The van der Waals surface area contributed by atoms with Gasteiger partial charge in [0.05, 0.1) is 12.8 Å². The second-order valence-electron chi connectivity index (χ2n) is 5.64. The fourth-order valence-corrected chi connectivity index (χ4v) is 3.37. The van der Waals surface area contributed by atoms with Crippen LogP contribution in [0.5, 0.6) is 5.75 Å². The number of carbonyl (C=O) groups excluding carboxylic acids is 1. The number of nitrogens with zero attached hydrogens (tertiary/aromatic N) is 1. The molecule has 3 nitrogen and oxygen atoms in total. The Hall–Kier alpha value is -2.07. The number of aryl methyl sites for hydroxylation is 2. The molecule has 1 aliphatic rings. The molecule has 1 heterocycles. The number of amides is 1. The minimum absolute atomic E-state index is 0.128. The number of carbonyl (C=O) groups is 1. The molecule has 0 unspecified atom stereocenters. The quantitative estimate of drug-likeness (QED) is 0.815. The van der Waals surface area contributed by atoms with Crippen molar-refractivity contribution in [3.05, 3.63) is 57.9 Å². The summed E-state index contributed by atoms with van der Waals surface area (Å²) >= 11 is 6.11. The van der Waals surface area contributed by atoms with E-state index in [4.69, 9.17) is 16.3 Å². The van der Waals surface area contributed by atoms with Crippen LogP contribution in [0.1, 0.15) is 27.9 Å². The maximum Gasteiger partial charge on any atom is 0.258 e. The van der Waals surface area contributed by atoms with Crippen LogP contribution in [0.25, 0.3) is 0 Å². The van der Waals surface area contributed by atoms with Gasteiger partial charge in [-0.3, -0.25) is 4.79 Å². The molecule has 0 aliphatic carbocycles. The van der Waals surface area contributed by atoms with Crippen LogP contribution in [-0.2, 0) is 6.42 Å². The Balaban J connectivity index is 2.01. The van der Waals surface area contributed by atoms with Crippen molar-refractivity contribution in [2.75, 3.05) is 18.6 Å². The molecule has 5 heteroatoms. The van der Waals surface area contributed by atoms with Crippen molar-refractivity contribution in [3.63, 3.8) is 0 Å². The largest absolute Gasteiger partial charge is 0.494 e. The lowest BCUT2D eigenvalue weighted by Crippen LogP contribution is -2.36. The van der Waals surface area contributed by atoms with Crippen LogP contribution in [0.15, 0.2) is 30.3 Å². The van der Waals surface area contributed by atoms with E-state index < -0.39 is 5.82 Å². The molecule has 0 bridgehead atoms. The smallest absolute Gasteiger partial charge is 0.258 e. The third-order valence-electron chi connectivity index (χ3n) is 4.09. The maximum absolute atomic E-state index is 13.9. The molecule has 0 atom stereocenters. The molecular weight excluding hydrogens is 317 g/mol. The monoisotopic (exact) mass is 333 g/mol. The molecule has 23 heavy (non-hydrogen) atoms. The van der Waals surface area contributed by atoms with E-state index in [1.165, 1.54) is 19.2 Å². The first-order valence-electron chi connectivity index (χ1n) is 7.45. The van der Waals surface area contributed by atoms with Gasteiger partial charge in [-0.15, -0.1) is 0 Å². The van der Waals surface area contributed by atoms with E-state index in [1.54, 1.807) is 11.0 Å². The van der Waals surface area contributed by atoms with Crippen LogP contribution in [0, 0.1) is 12.7 Å². The number of rotatable bonds is 2. The van der Waals surface area contributed by atoms with Crippen molar-refractivity contribution in [1.29, 1.82) is 0 Å². The Labute approximate surface area is 139 Å². The summed E-state index contributed by atoms with van der Waals surface area (Å²) in [5.41, 5.74) is 3.21. The first-order chi connectivity index (χ1) is 11.0. The number of benzene rings is 2. The van der Waals surface area contributed by atoms with E-state index in [1.807, 2.05) is 19.1 Å². The summed E-state index contributed by atoms with van der Waals surface area (Å²) in [6.07, 6.45) is 1.74. The molecule has 0 aromatic heterocycles. The summed E-state index contributed by atoms with van der Waals surface area (Å²) in [5, 5.41) is 0.672. The third kappa shape index (κ3) is 2.91. The van der Waals surface area contributed by atoms with E-state index >= 15 is 0 Å². The molecule has 0 N–H and O–H groups in total. The third-order valence-corrected chi connectivity index (χ3v) is 4.30. The summed E-state index contributed by atoms with van der Waals surface area (Å²) in [6, 6.07) is 8.03. The van der Waals surface area contributed by atoms with Gasteiger partial charge in [-0.2, -0.15) is 0 Å². The number of ether oxygens (including phenoxy) is 1. The predicted molar refractivity (Wildman–Crippen MR) is 89.1 cm³/mol. The summed E-state index contributed by atoms with van der Waals surface area (Å²) in [5.74, 6) is -0.620. The van der Waals surface area contributed by atoms with Crippen molar-refractivity contribution in [2.24, 2.45) is 0 Å². The standard InChI is InChI=1S/C18H17ClFNO2/c1-11-8-14(19)9-12-4-3-7-21(17(11)12)18(22)13-5-6-16(23-2)15(20)10-13/h5-6,8-10H,3-4,7H2,1-2H3. The van der Waals surface area contributed by atoms with E-state index in [-0.39, 0.29) is 11.7 Å². The number of hydrogen-bond acceptors (Lipinski definition) is 2. The fraction of sp³-hybridized carbons (Fsp3) is 0.278. The van der Waals surface area contributed by atoms with Gasteiger partial charge in [-0.25, -0.2) is 4.39 Å². The molecular formula is C18H17ClFNO2. The van der Waals surface area contributed by atoms with Gasteiger partial charge in [-0.05, 0) is 61.2 Å². The average molecular weight is 334 g/mol. The van der Waals surface area contributed by atoms with Crippen LogP contribution in [0.2, 0.25) is 5.02 Å². The second-order valence-corrected chi connectivity index (χ2v) is 6.08. The first-order valence-corrected chi connectivity index (χ1v) is 7.83. The van der Waals surface area contributed by atoms with Crippen molar-refractivity contribution in [2.45, 2.75) is 19.8 Å². The highest BCUT2D eigenvalue weighted by Crippen LogP contribution is 2.34. The molecule has 120 valence electrons. The van der Waals surface area contributed by atoms with E-state index in [0.29, 0.717) is 17.1 Å². The molecule has 1 amide bonds. The van der Waals surface area contributed by atoms with Gasteiger partial charge in [0.2, 0.25) is 0 Å². The lowest BCUT2D eigenvalue weighted by molar-refractivity contribution is 0.0984. The lowest BCUT2D eigenvalue weighted by Gasteiger charge is -2.31. The molecule has 0 saturated heterocycles. The van der Waals surface area contributed by atoms with Crippen LogP contribution in [-0.4, -0.2) is 19.6 Å². The molecule has 1 aliphatic heterocycles. The van der Waals surface area contributed by atoms with E-state index in [0.717, 1.165) is 29.7 Å². The summed E-state index contributed by atoms with van der Waals surface area (Å²) in [6.45, 7) is 2.55. The zero-order valence-corrected chi connectivity index (χ0v) is 13.8. The normalized spacial score (nSPS) is 13.7. The summed E-state index contributed by atoms with van der Waals surface area (Å²) < 4.78 is 18.8. The number of hydrogen-bond donors (Lipinski definition) is 0. The molecule has 3 rings (SSSR count). The highest BCUT2D eigenvalue weighted by Gasteiger charge is 2.26. The number of methoxy groups -OCH3 is 1. The van der Waals surface area contributed by atoms with Gasteiger partial charge < -0.3 is 9.64 Å². The van der Waals surface area contributed by atoms with Gasteiger partial charge in [-0.1, -0.05) is 11.6 Å². The summed E-state index contributed by atoms with van der Waals surface area (Å²) in [4.78, 5) is 14.6. The van der Waals surface area contributed by atoms with Crippen molar-refractivity contribution < 1.29 is 13.9 Å². The highest BCUT2D eigenvalue weighted by atomic mass is 35.5. The zero-order chi connectivity index (χ0) is 16.6. The number of fused-ring (bicyclic) bond motifs is 1. The number of halogens is 2. The predicted octanol–water partition coefficient (Wildman–Crippen LogP) is 4.39. The van der Waals surface area contributed by atoms with Crippen LogP contribution in [0.3, 0.4) is 0 Å². The lowest BCUT2D eigenvalue weighted by atomic mass is 9.97. The Morgan fingerprint density at radius 1 is 1.30 bits per heavy atom. The van der Waals surface area contributed by atoms with Crippen molar-refractivity contribution in [3.8, 4) is 5.75 Å². The van der Waals surface area contributed by atoms with Crippen molar-refractivity contribution >= 4 is 23.2 Å². The topological polar surface area (TPSA) is 29.5 Å². The van der Waals surface area contributed by atoms with Crippen LogP contribution in [0.4, 0.5) is 10.1 Å². The van der Waals surface area contributed by atoms with Crippen molar-refractivity contribution in [1.82, 2.24) is 0 Å². The molecule has 0 saturated carbocycles. The van der Waals surface area contributed by atoms with Gasteiger partial charge in [0.25, 0.3) is 5.91 Å². The molecule has 0 radical (unpaired) electrons. The molecule has 0 fully saturated rings. The highest BCUT2D eigenvalue weighted by molar-refractivity contribution is 6.31. The number of anilines is 1. The SMILES string of the molecule is COc1ccc(C(=O)N2CCCc3cc(Cl)cc(C)c32)cc1F. The second kappa shape index (κ2) is 6.20. The average Bonchev–Trinajstić information content (AvgIpc) is 2.53. The Bertz CT molecular complexity index is 776. The van der Waals surface area contributed by atoms with Gasteiger partial charge in [0, 0.05) is 17.1 Å². The Kier molecular flexibility index (Phi) is 4.26. The fourth-order valence-electron chi connectivity index (χ4n) is 3.08. The first kappa shape index (κ1) is 15.8. The maximum atomic E-state index is 13.9. The minimum Gasteiger partial charge on any atom is -0.494 e.